The summed E-state index contributed by atoms with van der Waals surface area (Å²) in [7, 11) is 0. The summed E-state index contributed by atoms with van der Waals surface area (Å²) in [5.74, 6) is -1.57. The second-order valence-corrected chi connectivity index (χ2v) is 5.50. The molecular weight excluding hydrogens is 325 g/mol. The Balaban J connectivity index is 1.57. The van der Waals surface area contributed by atoms with Crippen LogP contribution in [0.5, 0.6) is 0 Å². The third kappa shape index (κ3) is 3.68. The molecule has 1 N–H and O–H groups in total. The Morgan fingerprint density at radius 2 is 1.84 bits per heavy atom. The number of carbonyl (C=O) groups excluding carboxylic acids is 2. The maximum atomic E-state index is 13.5. The van der Waals surface area contributed by atoms with Crippen LogP contribution in [0.25, 0.3) is 11.0 Å². The van der Waals surface area contributed by atoms with E-state index in [1.54, 1.807) is 37.3 Å². The zero-order chi connectivity index (χ0) is 17.8. The molecule has 3 rings (SSSR count). The lowest BCUT2D eigenvalue weighted by molar-refractivity contribution is -0.124. The van der Waals surface area contributed by atoms with E-state index < -0.39 is 24.3 Å². The molecule has 0 aliphatic carbocycles. The molecule has 3 aromatic rings. The molecule has 1 amide bonds. The number of nitrogens with one attached hydrogen (secondary N) is 1. The van der Waals surface area contributed by atoms with Crippen LogP contribution in [0.1, 0.15) is 21.7 Å². The van der Waals surface area contributed by atoms with E-state index in [-0.39, 0.29) is 12.3 Å². The molecule has 0 saturated carbocycles. The number of ether oxygens (including phenoxy) is 1. The highest BCUT2D eigenvalue weighted by molar-refractivity contribution is 5.96. The van der Waals surface area contributed by atoms with Gasteiger partial charge in [0.05, 0.1) is 0 Å². The number of carbonyl (C=O) groups is 2. The summed E-state index contributed by atoms with van der Waals surface area (Å²) in [6.45, 7) is 1.30. The molecule has 0 saturated heterocycles. The first kappa shape index (κ1) is 16.7. The number of amides is 1. The number of benzene rings is 2. The van der Waals surface area contributed by atoms with Crippen molar-refractivity contribution in [1.29, 1.82) is 0 Å². The number of rotatable bonds is 5. The fourth-order valence-electron chi connectivity index (χ4n) is 2.45. The van der Waals surface area contributed by atoms with E-state index in [9.17, 15) is 14.0 Å². The molecule has 25 heavy (non-hydrogen) atoms. The van der Waals surface area contributed by atoms with Crippen molar-refractivity contribution in [2.24, 2.45) is 0 Å². The quantitative estimate of drug-likeness (QED) is 0.723. The maximum absolute atomic E-state index is 13.5. The van der Waals surface area contributed by atoms with Gasteiger partial charge < -0.3 is 14.5 Å². The van der Waals surface area contributed by atoms with Crippen molar-refractivity contribution in [1.82, 2.24) is 5.32 Å². The second-order valence-electron chi connectivity index (χ2n) is 5.50. The van der Waals surface area contributed by atoms with Gasteiger partial charge in [0.25, 0.3) is 5.91 Å². The van der Waals surface area contributed by atoms with E-state index in [1.807, 2.05) is 12.1 Å². The normalized spacial score (nSPS) is 10.6. The lowest BCUT2D eigenvalue weighted by Gasteiger charge is -2.07. The first-order valence-corrected chi connectivity index (χ1v) is 7.71. The molecule has 0 atom stereocenters. The fourth-order valence-corrected chi connectivity index (χ4v) is 2.45. The summed E-state index contributed by atoms with van der Waals surface area (Å²) in [4.78, 5) is 23.9. The van der Waals surface area contributed by atoms with Crippen molar-refractivity contribution in [3.63, 3.8) is 0 Å². The molecule has 0 radical (unpaired) electrons. The Hall–Kier alpha value is -3.15. The van der Waals surface area contributed by atoms with Crippen LogP contribution in [-0.4, -0.2) is 18.5 Å². The first-order valence-electron chi connectivity index (χ1n) is 7.71. The topological polar surface area (TPSA) is 68.5 Å². The van der Waals surface area contributed by atoms with Crippen molar-refractivity contribution < 1.29 is 23.1 Å². The summed E-state index contributed by atoms with van der Waals surface area (Å²) < 4.78 is 23.9. The van der Waals surface area contributed by atoms with Gasteiger partial charge in [-0.1, -0.05) is 36.4 Å². The number of fused-ring (bicyclic) bond motifs is 1. The molecule has 0 fully saturated rings. The largest absolute Gasteiger partial charge is 0.450 e. The van der Waals surface area contributed by atoms with Crippen LogP contribution in [0.2, 0.25) is 0 Å². The number of halogens is 1. The van der Waals surface area contributed by atoms with Gasteiger partial charge in [-0.3, -0.25) is 4.79 Å². The van der Waals surface area contributed by atoms with Crippen molar-refractivity contribution in [3.05, 3.63) is 71.2 Å². The number of hydrogen-bond acceptors (Lipinski definition) is 4. The summed E-state index contributed by atoms with van der Waals surface area (Å²) in [6.07, 6.45) is 0. The zero-order valence-corrected chi connectivity index (χ0v) is 13.5. The SMILES string of the molecule is Cc1c(C(=O)OCC(=O)NCc2ccccc2F)oc2ccccc12. The number of para-hydroxylation sites is 1. The molecule has 6 heteroatoms. The molecule has 0 unspecified atom stereocenters. The smallest absolute Gasteiger partial charge is 0.375 e. The monoisotopic (exact) mass is 341 g/mol. The fraction of sp³-hybridized carbons (Fsp3) is 0.158. The van der Waals surface area contributed by atoms with Gasteiger partial charge in [0.15, 0.2) is 6.61 Å². The maximum Gasteiger partial charge on any atom is 0.375 e. The average molecular weight is 341 g/mol. The predicted octanol–water partition coefficient (Wildman–Crippen LogP) is 3.35. The van der Waals surface area contributed by atoms with Crippen LogP contribution in [0.15, 0.2) is 52.9 Å². The van der Waals surface area contributed by atoms with Gasteiger partial charge >= 0.3 is 5.97 Å². The lowest BCUT2D eigenvalue weighted by atomic mass is 10.1. The molecule has 5 nitrogen and oxygen atoms in total. The molecule has 1 aromatic heterocycles. The minimum absolute atomic E-state index is 0.0206. The second kappa shape index (κ2) is 7.17. The standard InChI is InChI=1S/C19H16FNO4/c1-12-14-7-3-5-9-16(14)25-18(12)19(23)24-11-17(22)21-10-13-6-2-4-8-15(13)20/h2-9H,10-11H2,1H3,(H,21,22). The minimum Gasteiger partial charge on any atom is -0.450 e. The van der Waals surface area contributed by atoms with Crippen LogP contribution in [0, 0.1) is 12.7 Å². The van der Waals surface area contributed by atoms with Crippen molar-refractivity contribution >= 4 is 22.8 Å². The predicted molar refractivity (Wildman–Crippen MR) is 89.5 cm³/mol. The van der Waals surface area contributed by atoms with Gasteiger partial charge in [-0.2, -0.15) is 0 Å². The highest BCUT2D eigenvalue weighted by Crippen LogP contribution is 2.25. The van der Waals surface area contributed by atoms with Gasteiger partial charge in [-0.25, -0.2) is 9.18 Å². The Bertz CT molecular complexity index is 932. The summed E-state index contributed by atoms with van der Waals surface area (Å²) in [6, 6.07) is 13.4. The third-order valence-corrected chi connectivity index (χ3v) is 3.80. The van der Waals surface area contributed by atoms with Crippen molar-refractivity contribution in [3.8, 4) is 0 Å². The van der Waals surface area contributed by atoms with Gasteiger partial charge in [0.1, 0.15) is 11.4 Å². The average Bonchev–Trinajstić information content (AvgIpc) is 2.96. The van der Waals surface area contributed by atoms with Gasteiger partial charge in [-0.05, 0) is 19.1 Å². The number of esters is 1. The highest BCUT2D eigenvalue weighted by Gasteiger charge is 2.19. The number of aryl methyl sites for hydroxylation is 1. The summed E-state index contributed by atoms with van der Waals surface area (Å²) >= 11 is 0. The molecule has 0 bridgehead atoms. The Morgan fingerprint density at radius 1 is 1.12 bits per heavy atom. The van der Waals surface area contributed by atoms with Gasteiger partial charge in [0.2, 0.25) is 5.76 Å². The summed E-state index contributed by atoms with van der Waals surface area (Å²) in [5, 5.41) is 3.32. The molecule has 128 valence electrons. The lowest BCUT2D eigenvalue weighted by Crippen LogP contribution is -2.28. The van der Waals surface area contributed by atoms with Crippen molar-refractivity contribution in [2.75, 3.05) is 6.61 Å². The van der Waals surface area contributed by atoms with E-state index in [0.29, 0.717) is 16.7 Å². The van der Waals surface area contributed by atoms with Gasteiger partial charge in [-0.15, -0.1) is 0 Å². The molecule has 0 aliphatic heterocycles. The molecule has 0 aliphatic rings. The number of hydrogen-bond donors (Lipinski definition) is 1. The van der Waals surface area contributed by atoms with Crippen LogP contribution < -0.4 is 5.32 Å². The summed E-state index contributed by atoms with van der Waals surface area (Å²) in [5.41, 5.74) is 1.60. The Labute approximate surface area is 143 Å². The number of furan rings is 1. The van der Waals surface area contributed by atoms with Crippen molar-refractivity contribution in [2.45, 2.75) is 13.5 Å². The molecule has 1 heterocycles. The highest BCUT2D eigenvalue weighted by atomic mass is 19.1. The van der Waals surface area contributed by atoms with Crippen LogP contribution >= 0.6 is 0 Å². The van der Waals surface area contributed by atoms with Crippen LogP contribution in [0.4, 0.5) is 4.39 Å². The van der Waals surface area contributed by atoms with E-state index in [0.717, 1.165) is 5.39 Å². The Kier molecular flexibility index (Phi) is 4.79. The van der Waals surface area contributed by atoms with E-state index >= 15 is 0 Å². The van der Waals surface area contributed by atoms with Gasteiger partial charge in [0, 0.05) is 23.1 Å². The van der Waals surface area contributed by atoms with E-state index in [4.69, 9.17) is 9.15 Å². The van der Waals surface area contributed by atoms with E-state index in [1.165, 1.54) is 6.07 Å². The van der Waals surface area contributed by atoms with Crippen LogP contribution in [-0.2, 0) is 16.1 Å². The van der Waals surface area contributed by atoms with E-state index in [2.05, 4.69) is 5.32 Å². The third-order valence-electron chi connectivity index (χ3n) is 3.80. The molecule has 2 aromatic carbocycles. The zero-order valence-electron chi connectivity index (χ0n) is 13.5. The first-order chi connectivity index (χ1) is 12.1. The Morgan fingerprint density at radius 3 is 2.60 bits per heavy atom. The molecule has 0 spiro atoms. The molecular formula is C19H16FNO4. The van der Waals surface area contributed by atoms with Crippen LogP contribution in [0.3, 0.4) is 0 Å². The minimum atomic E-state index is -0.713.